The van der Waals surface area contributed by atoms with Gasteiger partial charge in [-0.2, -0.15) is 0 Å². The molecular formula is C17H16IN2+. The second-order valence-corrected chi connectivity index (χ2v) is 6.67. The van der Waals surface area contributed by atoms with E-state index in [0.29, 0.717) is 0 Å². The van der Waals surface area contributed by atoms with Gasteiger partial charge in [0.1, 0.15) is 18.6 Å². The van der Waals surface area contributed by atoms with Crippen LogP contribution in [0.1, 0.15) is 5.56 Å². The lowest BCUT2D eigenvalue weighted by Gasteiger charge is -2.13. The van der Waals surface area contributed by atoms with Crippen LogP contribution in [0.5, 0.6) is 0 Å². The highest BCUT2D eigenvalue weighted by molar-refractivity contribution is 14.1. The van der Waals surface area contributed by atoms with E-state index in [1.807, 2.05) is 0 Å². The molecule has 0 spiro atoms. The molecule has 0 saturated carbocycles. The number of nitrogens with zero attached hydrogens (tertiary/aromatic N) is 2. The van der Waals surface area contributed by atoms with E-state index in [4.69, 9.17) is 0 Å². The third-order valence-corrected chi connectivity index (χ3v) is 5.55. The van der Waals surface area contributed by atoms with Crippen molar-refractivity contribution in [3.05, 3.63) is 45.5 Å². The fourth-order valence-corrected chi connectivity index (χ4v) is 3.81. The molecule has 0 saturated heterocycles. The molecule has 1 aliphatic heterocycles. The minimum Gasteiger partial charge on any atom is -0.260 e. The van der Waals surface area contributed by atoms with Gasteiger partial charge >= 0.3 is 0 Å². The van der Waals surface area contributed by atoms with Gasteiger partial charge in [0.15, 0.2) is 0 Å². The summed E-state index contributed by atoms with van der Waals surface area (Å²) < 4.78 is 3.81. The van der Waals surface area contributed by atoms with Crippen LogP contribution in [0.3, 0.4) is 0 Å². The van der Waals surface area contributed by atoms with E-state index in [1.54, 1.807) is 0 Å². The van der Waals surface area contributed by atoms with Crippen LogP contribution in [0.25, 0.3) is 21.7 Å². The second kappa shape index (κ2) is 4.32. The Morgan fingerprint density at radius 3 is 2.75 bits per heavy atom. The largest absolute Gasteiger partial charge is 0.285 e. The number of halogens is 1. The Morgan fingerprint density at radius 2 is 1.90 bits per heavy atom. The SMILES string of the molecule is Cc1c(I)ccc2c1c1[n+](c3ccccc23)CCN1C. The molecule has 0 atom stereocenters. The lowest BCUT2D eigenvalue weighted by atomic mass is 10.0. The first-order chi connectivity index (χ1) is 9.68. The van der Waals surface area contributed by atoms with Crippen molar-refractivity contribution >= 4 is 50.1 Å². The highest BCUT2D eigenvalue weighted by atomic mass is 127. The Morgan fingerprint density at radius 1 is 1.10 bits per heavy atom. The molecule has 0 aliphatic carbocycles. The maximum atomic E-state index is 2.47. The first-order valence-electron chi connectivity index (χ1n) is 6.93. The zero-order valence-electron chi connectivity index (χ0n) is 11.7. The van der Waals surface area contributed by atoms with E-state index in [9.17, 15) is 0 Å². The Balaban J connectivity index is 2.34. The zero-order chi connectivity index (χ0) is 13.9. The fourth-order valence-electron chi connectivity index (χ4n) is 3.36. The first kappa shape index (κ1) is 12.4. The lowest BCUT2D eigenvalue weighted by Crippen LogP contribution is -2.32. The molecule has 0 amide bonds. The molecule has 1 aromatic heterocycles. The number of aryl methyl sites for hydroxylation is 1. The van der Waals surface area contributed by atoms with Gasteiger partial charge in [0.25, 0.3) is 5.82 Å². The van der Waals surface area contributed by atoms with Gasteiger partial charge in [0.05, 0.1) is 12.4 Å². The molecule has 2 nitrogen and oxygen atoms in total. The number of para-hydroxylation sites is 1. The zero-order valence-corrected chi connectivity index (χ0v) is 13.8. The van der Waals surface area contributed by atoms with Gasteiger partial charge in [-0.1, -0.05) is 24.3 Å². The van der Waals surface area contributed by atoms with Crippen molar-refractivity contribution in [3.63, 3.8) is 0 Å². The Labute approximate surface area is 132 Å². The van der Waals surface area contributed by atoms with Crippen LogP contribution >= 0.6 is 22.6 Å². The predicted molar refractivity (Wildman–Crippen MR) is 92.4 cm³/mol. The third kappa shape index (κ3) is 1.53. The third-order valence-electron chi connectivity index (χ3n) is 4.38. The first-order valence-corrected chi connectivity index (χ1v) is 8.01. The van der Waals surface area contributed by atoms with Crippen molar-refractivity contribution in [3.8, 4) is 0 Å². The highest BCUT2D eigenvalue weighted by Gasteiger charge is 2.30. The van der Waals surface area contributed by atoms with Crippen molar-refractivity contribution in [2.24, 2.45) is 0 Å². The molecule has 0 radical (unpaired) electrons. The van der Waals surface area contributed by atoms with Crippen LogP contribution < -0.4 is 9.47 Å². The standard InChI is InChI=1S/C17H16IN2/c1-11-14(18)8-7-13-12-5-3-4-6-15(12)20-10-9-19(2)17(20)16(11)13/h3-8H,9-10H2,1-2H3/q+1. The van der Waals surface area contributed by atoms with Crippen LogP contribution in [-0.4, -0.2) is 13.6 Å². The number of fused-ring (bicyclic) bond motifs is 6. The topological polar surface area (TPSA) is 7.12 Å². The molecule has 2 heterocycles. The van der Waals surface area contributed by atoms with Crippen LogP contribution in [0, 0.1) is 10.5 Å². The van der Waals surface area contributed by atoms with E-state index in [1.165, 1.54) is 36.6 Å². The molecular weight excluding hydrogens is 359 g/mol. The van der Waals surface area contributed by atoms with Crippen molar-refractivity contribution < 1.29 is 4.57 Å². The molecule has 0 fully saturated rings. The average molecular weight is 375 g/mol. The lowest BCUT2D eigenvalue weighted by molar-refractivity contribution is -0.643. The van der Waals surface area contributed by atoms with Crippen molar-refractivity contribution in [1.29, 1.82) is 0 Å². The maximum absolute atomic E-state index is 2.47. The number of likely N-dealkylation sites (N-methyl/N-ethyl adjacent to an activating group) is 1. The summed E-state index contributed by atoms with van der Waals surface area (Å²) in [6.45, 7) is 4.41. The number of rotatable bonds is 0. The molecule has 1 aliphatic rings. The number of pyridine rings is 1. The van der Waals surface area contributed by atoms with Gasteiger partial charge in [-0.15, -0.1) is 0 Å². The van der Waals surface area contributed by atoms with Gasteiger partial charge < -0.3 is 0 Å². The summed E-state index contributed by atoms with van der Waals surface area (Å²) in [7, 11) is 2.20. The average Bonchev–Trinajstić information content (AvgIpc) is 2.85. The van der Waals surface area contributed by atoms with Crippen LogP contribution in [0.4, 0.5) is 5.82 Å². The van der Waals surface area contributed by atoms with Crippen LogP contribution in [-0.2, 0) is 6.54 Å². The molecule has 0 bridgehead atoms. The van der Waals surface area contributed by atoms with Gasteiger partial charge in [-0.3, -0.25) is 4.90 Å². The number of hydrogen-bond acceptors (Lipinski definition) is 1. The summed E-state index contributed by atoms with van der Waals surface area (Å²) in [5.41, 5.74) is 2.74. The minimum absolute atomic E-state index is 1.08. The van der Waals surface area contributed by atoms with Crippen molar-refractivity contribution in [2.75, 3.05) is 18.5 Å². The number of aromatic nitrogens is 1. The van der Waals surface area contributed by atoms with Gasteiger partial charge in [-0.25, -0.2) is 4.57 Å². The van der Waals surface area contributed by atoms with E-state index >= 15 is 0 Å². The van der Waals surface area contributed by atoms with E-state index in [0.717, 1.165) is 13.1 Å². The van der Waals surface area contributed by atoms with Crippen LogP contribution in [0.15, 0.2) is 36.4 Å². The van der Waals surface area contributed by atoms with E-state index < -0.39 is 0 Å². The Bertz CT molecular complexity index is 855. The summed E-state index contributed by atoms with van der Waals surface area (Å²) in [6, 6.07) is 13.3. The molecule has 100 valence electrons. The number of anilines is 1. The van der Waals surface area contributed by atoms with Crippen LogP contribution in [0.2, 0.25) is 0 Å². The summed E-state index contributed by atoms with van der Waals surface area (Å²) >= 11 is 2.44. The Hall–Kier alpha value is -1.36. The maximum Gasteiger partial charge on any atom is 0.285 e. The van der Waals surface area contributed by atoms with E-state index in [2.05, 4.69) is 82.4 Å². The van der Waals surface area contributed by atoms with Gasteiger partial charge in [0.2, 0.25) is 0 Å². The molecule has 20 heavy (non-hydrogen) atoms. The monoisotopic (exact) mass is 375 g/mol. The summed E-state index contributed by atoms with van der Waals surface area (Å²) in [6.07, 6.45) is 0. The molecule has 4 rings (SSSR count). The number of benzene rings is 2. The molecule has 0 unspecified atom stereocenters. The highest BCUT2D eigenvalue weighted by Crippen LogP contribution is 2.35. The molecule has 3 aromatic rings. The molecule has 3 heteroatoms. The summed E-state index contributed by atoms with van der Waals surface area (Å²) in [4.78, 5) is 2.39. The second-order valence-electron chi connectivity index (χ2n) is 5.51. The minimum atomic E-state index is 1.08. The predicted octanol–water partition coefficient (Wildman–Crippen LogP) is 3.64. The van der Waals surface area contributed by atoms with Crippen molar-refractivity contribution in [2.45, 2.75) is 13.5 Å². The van der Waals surface area contributed by atoms with Crippen molar-refractivity contribution in [1.82, 2.24) is 0 Å². The number of hydrogen-bond donors (Lipinski definition) is 0. The normalized spacial score (nSPS) is 14.2. The van der Waals surface area contributed by atoms with E-state index in [-0.39, 0.29) is 0 Å². The smallest absolute Gasteiger partial charge is 0.260 e. The molecule has 2 aromatic carbocycles. The fraction of sp³-hybridized carbons (Fsp3) is 0.235. The summed E-state index contributed by atoms with van der Waals surface area (Å²) in [5, 5.41) is 4.15. The molecule has 0 N–H and O–H groups in total. The quantitative estimate of drug-likeness (QED) is 0.331. The van der Waals surface area contributed by atoms with Gasteiger partial charge in [-0.05, 0) is 47.2 Å². The summed E-state index contributed by atoms with van der Waals surface area (Å²) in [5.74, 6) is 1.37. The van der Waals surface area contributed by atoms with Gasteiger partial charge in [0, 0.05) is 14.3 Å². The Kier molecular flexibility index (Phi) is 2.67.